The van der Waals surface area contributed by atoms with Crippen LogP contribution in [0.25, 0.3) is 22.3 Å². The van der Waals surface area contributed by atoms with Gasteiger partial charge in [-0.25, -0.2) is 0 Å². The van der Waals surface area contributed by atoms with Crippen molar-refractivity contribution < 1.29 is 9.47 Å². The highest BCUT2D eigenvalue weighted by Crippen LogP contribution is 2.44. The summed E-state index contributed by atoms with van der Waals surface area (Å²) in [6.45, 7) is 0. The Bertz CT molecular complexity index is 755. The van der Waals surface area contributed by atoms with Crippen LogP contribution in [0.15, 0.2) is 67.0 Å². The number of rotatable bonds is 4. The average molecular weight is 291 g/mol. The molecule has 0 aliphatic carbocycles. The molecular formula is C19H17NO2. The fraction of sp³-hybridized carbons (Fsp3) is 0.105. The van der Waals surface area contributed by atoms with Crippen LogP contribution in [0.3, 0.4) is 0 Å². The summed E-state index contributed by atoms with van der Waals surface area (Å²) < 4.78 is 11.2. The highest BCUT2D eigenvalue weighted by atomic mass is 16.5. The number of pyridine rings is 1. The Labute approximate surface area is 130 Å². The van der Waals surface area contributed by atoms with Crippen molar-refractivity contribution in [3.63, 3.8) is 0 Å². The van der Waals surface area contributed by atoms with E-state index in [9.17, 15) is 0 Å². The van der Waals surface area contributed by atoms with Gasteiger partial charge in [0.25, 0.3) is 0 Å². The van der Waals surface area contributed by atoms with Gasteiger partial charge in [0.2, 0.25) is 0 Å². The van der Waals surface area contributed by atoms with Crippen molar-refractivity contribution in [1.82, 2.24) is 4.98 Å². The van der Waals surface area contributed by atoms with Crippen LogP contribution in [0.2, 0.25) is 0 Å². The normalized spacial score (nSPS) is 10.3. The molecule has 110 valence electrons. The molecule has 0 fully saturated rings. The van der Waals surface area contributed by atoms with E-state index >= 15 is 0 Å². The van der Waals surface area contributed by atoms with Gasteiger partial charge in [-0.2, -0.15) is 0 Å². The van der Waals surface area contributed by atoms with Gasteiger partial charge in [-0.05, 0) is 23.8 Å². The van der Waals surface area contributed by atoms with Crippen LogP contribution in [0, 0.1) is 0 Å². The van der Waals surface area contributed by atoms with Gasteiger partial charge in [-0.1, -0.05) is 36.4 Å². The predicted molar refractivity (Wildman–Crippen MR) is 88.2 cm³/mol. The Balaban J connectivity index is 2.27. The average Bonchev–Trinajstić information content (AvgIpc) is 2.61. The van der Waals surface area contributed by atoms with E-state index in [0.717, 1.165) is 33.8 Å². The molecule has 3 heteroatoms. The molecule has 0 saturated carbocycles. The first-order valence-corrected chi connectivity index (χ1v) is 7.06. The second-order valence-corrected chi connectivity index (χ2v) is 4.83. The zero-order valence-electron chi connectivity index (χ0n) is 12.6. The fourth-order valence-corrected chi connectivity index (χ4v) is 2.58. The quantitative estimate of drug-likeness (QED) is 0.712. The van der Waals surface area contributed by atoms with Crippen LogP contribution in [0.1, 0.15) is 0 Å². The number of hydrogen-bond donors (Lipinski definition) is 0. The molecule has 3 aromatic rings. The van der Waals surface area contributed by atoms with Crippen molar-refractivity contribution in [2.45, 2.75) is 0 Å². The zero-order valence-corrected chi connectivity index (χ0v) is 12.6. The summed E-state index contributed by atoms with van der Waals surface area (Å²) >= 11 is 0. The molecule has 0 aliphatic rings. The van der Waals surface area contributed by atoms with Gasteiger partial charge in [-0.15, -0.1) is 0 Å². The molecule has 0 spiro atoms. The molecule has 0 atom stereocenters. The Kier molecular flexibility index (Phi) is 4.05. The summed E-state index contributed by atoms with van der Waals surface area (Å²) in [7, 11) is 3.35. The Morgan fingerprint density at radius 3 is 2.18 bits per heavy atom. The molecule has 22 heavy (non-hydrogen) atoms. The van der Waals surface area contributed by atoms with Crippen molar-refractivity contribution in [2.24, 2.45) is 0 Å². The number of hydrogen-bond acceptors (Lipinski definition) is 3. The lowest BCUT2D eigenvalue weighted by Gasteiger charge is -2.17. The lowest BCUT2D eigenvalue weighted by atomic mass is 9.97. The minimum absolute atomic E-state index is 0.768. The van der Waals surface area contributed by atoms with Crippen LogP contribution < -0.4 is 9.47 Å². The zero-order chi connectivity index (χ0) is 15.4. The third-order valence-electron chi connectivity index (χ3n) is 3.58. The lowest BCUT2D eigenvalue weighted by molar-refractivity contribution is 0.398. The smallest absolute Gasteiger partial charge is 0.138 e. The molecule has 0 N–H and O–H groups in total. The second-order valence-electron chi connectivity index (χ2n) is 4.83. The highest BCUT2D eigenvalue weighted by Gasteiger charge is 2.17. The molecule has 3 nitrogen and oxygen atoms in total. The van der Waals surface area contributed by atoms with Crippen molar-refractivity contribution in [1.29, 1.82) is 0 Å². The van der Waals surface area contributed by atoms with Gasteiger partial charge in [0.15, 0.2) is 0 Å². The van der Waals surface area contributed by atoms with Crippen molar-refractivity contribution >= 4 is 0 Å². The van der Waals surface area contributed by atoms with Crippen LogP contribution in [0.4, 0.5) is 0 Å². The Hall–Kier alpha value is -2.81. The van der Waals surface area contributed by atoms with Gasteiger partial charge in [0, 0.05) is 23.5 Å². The number of methoxy groups -OCH3 is 2. The van der Waals surface area contributed by atoms with Gasteiger partial charge >= 0.3 is 0 Å². The molecule has 0 aliphatic heterocycles. The Morgan fingerprint density at radius 2 is 1.55 bits per heavy atom. The first-order valence-electron chi connectivity index (χ1n) is 7.06. The molecule has 3 rings (SSSR count). The molecule has 1 aromatic heterocycles. The molecule has 0 bridgehead atoms. The maximum Gasteiger partial charge on any atom is 0.138 e. The van der Waals surface area contributed by atoms with Gasteiger partial charge in [-0.3, -0.25) is 4.98 Å². The topological polar surface area (TPSA) is 31.4 Å². The minimum atomic E-state index is 0.768. The lowest BCUT2D eigenvalue weighted by Crippen LogP contribution is -1.96. The largest absolute Gasteiger partial charge is 0.496 e. The van der Waals surface area contributed by atoms with Gasteiger partial charge < -0.3 is 9.47 Å². The van der Waals surface area contributed by atoms with E-state index < -0.39 is 0 Å². The van der Waals surface area contributed by atoms with Gasteiger partial charge in [0.1, 0.15) is 11.5 Å². The molecule has 0 saturated heterocycles. The monoisotopic (exact) mass is 291 g/mol. The summed E-state index contributed by atoms with van der Waals surface area (Å²) in [5.74, 6) is 1.56. The Morgan fingerprint density at radius 1 is 0.773 bits per heavy atom. The second kappa shape index (κ2) is 6.31. The fourth-order valence-electron chi connectivity index (χ4n) is 2.58. The number of ether oxygens (including phenoxy) is 2. The van der Waals surface area contributed by atoms with Crippen molar-refractivity contribution in [3.8, 4) is 33.8 Å². The van der Waals surface area contributed by atoms with E-state index in [4.69, 9.17) is 9.47 Å². The molecule has 0 amide bonds. The molecule has 0 unspecified atom stereocenters. The minimum Gasteiger partial charge on any atom is -0.496 e. The number of benzene rings is 2. The summed E-state index contributed by atoms with van der Waals surface area (Å²) in [5.41, 5.74) is 4.02. The summed E-state index contributed by atoms with van der Waals surface area (Å²) in [6, 6.07) is 18.1. The SMILES string of the molecule is COc1ccc(-c2ccccc2)c(OC)c1-c1cccnc1. The van der Waals surface area contributed by atoms with E-state index in [1.165, 1.54) is 0 Å². The van der Waals surface area contributed by atoms with Crippen molar-refractivity contribution in [2.75, 3.05) is 14.2 Å². The highest BCUT2D eigenvalue weighted by molar-refractivity contribution is 5.86. The van der Waals surface area contributed by atoms with Gasteiger partial charge in [0.05, 0.1) is 19.8 Å². The van der Waals surface area contributed by atoms with E-state index in [-0.39, 0.29) is 0 Å². The predicted octanol–water partition coefficient (Wildman–Crippen LogP) is 4.43. The van der Waals surface area contributed by atoms with E-state index in [1.54, 1.807) is 20.4 Å². The molecule has 1 heterocycles. The summed E-state index contributed by atoms with van der Waals surface area (Å²) in [4.78, 5) is 4.20. The molecule has 0 radical (unpaired) electrons. The molecule has 2 aromatic carbocycles. The van der Waals surface area contributed by atoms with Crippen LogP contribution in [0.5, 0.6) is 11.5 Å². The third kappa shape index (κ3) is 2.53. The molecular weight excluding hydrogens is 274 g/mol. The van der Waals surface area contributed by atoms with E-state index in [2.05, 4.69) is 17.1 Å². The first kappa shape index (κ1) is 14.1. The summed E-state index contributed by atoms with van der Waals surface area (Å²) in [6.07, 6.45) is 3.57. The first-order chi connectivity index (χ1) is 10.8. The van der Waals surface area contributed by atoms with Crippen molar-refractivity contribution in [3.05, 3.63) is 67.0 Å². The number of nitrogens with zero attached hydrogens (tertiary/aromatic N) is 1. The maximum atomic E-state index is 5.72. The van der Waals surface area contributed by atoms with Crippen LogP contribution in [-0.4, -0.2) is 19.2 Å². The van der Waals surface area contributed by atoms with E-state index in [0.29, 0.717) is 0 Å². The summed E-state index contributed by atoms with van der Waals surface area (Å²) in [5, 5.41) is 0. The van der Waals surface area contributed by atoms with Crippen LogP contribution in [-0.2, 0) is 0 Å². The third-order valence-corrected chi connectivity index (χ3v) is 3.58. The number of aromatic nitrogens is 1. The van der Waals surface area contributed by atoms with Crippen LogP contribution >= 0.6 is 0 Å². The van der Waals surface area contributed by atoms with E-state index in [1.807, 2.05) is 48.7 Å². The standard InChI is InChI=1S/C19H17NO2/c1-21-17-11-10-16(14-7-4-3-5-8-14)19(22-2)18(17)15-9-6-12-20-13-15/h3-13H,1-2H3. The maximum absolute atomic E-state index is 5.72.